The molecule has 0 bridgehead atoms. The fourth-order valence-electron chi connectivity index (χ4n) is 4.32. The molecule has 1 N–H and O–H groups in total. The SMILES string of the molecule is CC1Cc2ccccc2N1Cc1occc1C(=O)NCCc1cnn(-c2ccccc2)c1. The number of fused-ring (bicyclic) bond motifs is 1. The predicted octanol–water partition coefficient (Wildman–Crippen LogP) is 4.39. The Labute approximate surface area is 187 Å². The van der Waals surface area contributed by atoms with Gasteiger partial charge in [-0.25, -0.2) is 4.68 Å². The molecule has 1 amide bonds. The molecule has 0 saturated heterocycles. The minimum Gasteiger partial charge on any atom is -0.467 e. The maximum absolute atomic E-state index is 12.8. The van der Waals surface area contributed by atoms with Gasteiger partial charge in [0.2, 0.25) is 0 Å². The van der Waals surface area contributed by atoms with Crippen LogP contribution in [-0.4, -0.2) is 28.3 Å². The Morgan fingerprint density at radius 3 is 2.81 bits per heavy atom. The Morgan fingerprint density at radius 2 is 1.94 bits per heavy atom. The molecule has 5 rings (SSSR count). The van der Waals surface area contributed by atoms with Gasteiger partial charge >= 0.3 is 0 Å². The van der Waals surface area contributed by atoms with E-state index >= 15 is 0 Å². The lowest BCUT2D eigenvalue weighted by Gasteiger charge is -2.24. The van der Waals surface area contributed by atoms with Gasteiger partial charge in [-0.1, -0.05) is 36.4 Å². The summed E-state index contributed by atoms with van der Waals surface area (Å²) in [4.78, 5) is 15.1. The van der Waals surface area contributed by atoms with Crippen molar-refractivity contribution < 1.29 is 9.21 Å². The summed E-state index contributed by atoms with van der Waals surface area (Å²) in [6.45, 7) is 3.32. The minimum absolute atomic E-state index is 0.107. The minimum atomic E-state index is -0.107. The number of carbonyl (C=O) groups is 1. The topological polar surface area (TPSA) is 63.3 Å². The van der Waals surface area contributed by atoms with Gasteiger partial charge in [0.15, 0.2) is 0 Å². The number of aromatic nitrogens is 2. The highest BCUT2D eigenvalue weighted by Gasteiger charge is 2.27. The summed E-state index contributed by atoms with van der Waals surface area (Å²) in [5, 5.41) is 7.44. The first-order valence-electron chi connectivity index (χ1n) is 11.0. The van der Waals surface area contributed by atoms with Crippen LogP contribution in [0.2, 0.25) is 0 Å². The molecular formula is C26H26N4O2. The Hall–Kier alpha value is -3.80. The number of para-hydroxylation sites is 2. The van der Waals surface area contributed by atoms with Crippen LogP contribution in [-0.2, 0) is 19.4 Å². The lowest BCUT2D eigenvalue weighted by molar-refractivity contribution is 0.0952. The van der Waals surface area contributed by atoms with E-state index < -0.39 is 0 Å². The Kier molecular flexibility index (Phi) is 5.50. The van der Waals surface area contributed by atoms with Crippen molar-refractivity contribution in [1.82, 2.24) is 15.1 Å². The molecule has 32 heavy (non-hydrogen) atoms. The molecule has 4 aromatic rings. The van der Waals surface area contributed by atoms with Gasteiger partial charge < -0.3 is 14.6 Å². The van der Waals surface area contributed by atoms with E-state index in [0.29, 0.717) is 36.9 Å². The van der Waals surface area contributed by atoms with Gasteiger partial charge in [0, 0.05) is 24.5 Å². The number of hydrogen-bond acceptors (Lipinski definition) is 4. The third-order valence-corrected chi connectivity index (χ3v) is 6.01. The summed E-state index contributed by atoms with van der Waals surface area (Å²) >= 11 is 0. The largest absolute Gasteiger partial charge is 0.467 e. The van der Waals surface area contributed by atoms with Crippen molar-refractivity contribution >= 4 is 11.6 Å². The van der Waals surface area contributed by atoms with Crippen LogP contribution in [0.5, 0.6) is 0 Å². The first-order valence-corrected chi connectivity index (χ1v) is 11.0. The third kappa shape index (κ3) is 4.04. The molecular weight excluding hydrogens is 400 g/mol. The zero-order valence-electron chi connectivity index (χ0n) is 18.1. The first-order chi connectivity index (χ1) is 15.7. The van der Waals surface area contributed by atoms with Gasteiger partial charge in [0.1, 0.15) is 5.76 Å². The molecule has 162 valence electrons. The molecule has 0 saturated carbocycles. The van der Waals surface area contributed by atoms with E-state index in [0.717, 1.165) is 17.7 Å². The van der Waals surface area contributed by atoms with Crippen LogP contribution in [0.4, 0.5) is 5.69 Å². The standard InChI is InChI=1S/C26H26N4O2/c1-19-15-21-7-5-6-10-24(21)29(19)18-25-23(12-14-32-25)26(31)27-13-11-20-16-28-30(17-20)22-8-3-2-4-9-22/h2-10,12,14,16-17,19H,11,13,15,18H2,1H3,(H,27,31). The summed E-state index contributed by atoms with van der Waals surface area (Å²) in [7, 11) is 0. The van der Waals surface area contributed by atoms with Crippen molar-refractivity contribution in [1.29, 1.82) is 0 Å². The van der Waals surface area contributed by atoms with E-state index in [1.54, 1.807) is 12.3 Å². The number of rotatable bonds is 7. The highest BCUT2D eigenvalue weighted by atomic mass is 16.3. The van der Waals surface area contributed by atoms with Gasteiger partial charge in [-0.3, -0.25) is 4.79 Å². The van der Waals surface area contributed by atoms with Gasteiger partial charge in [0.05, 0.1) is 30.3 Å². The van der Waals surface area contributed by atoms with E-state index in [9.17, 15) is 4.79 Å². The van der Waals surface area contributed by atoms with Crippen molar-refractivity contribution in [3.63, 3.8) is 0 Å². The summed E-state index contributed by atoms with van der Waals surface area (Å²) in [5.41, 5.74) is 5.25. The molecule has 6 nitrogen and oxygen atoms in total. The monoisotopic (exact) mass is 426 g/mol. The maximum atomic E-state index is 12.8. The van der Waals surface area contributed by atoms with Crippen molar-refractivity contribution in [2.75, 3.05) is 11.4 Å². The van der Waals surface area contributed by atoms with Crippen molar-refractivity contribution in [3.05, 3.63) is 102 Å². The summed E-state index contributed by atoms with van der Waals surface area (Å²) in [6, 6.07) is 20.5. The van der Waals surface area contributed by atoms with Crippen LogP contribution in [0, 0.1) is 0 Å². The third-order valence-electron chi connectivity index (χ3n) is 6.01. The molecule has 2 aromatic carbocycles. The summed E-state index contributed by atoms with van der Waals surface area (Å²) in [6.07, 6.45) is 7.16. The van der Waals surface area contributed by atoms with E-state index in [-0.39, 0.29) is 5.91 Å². The molecule has 0 fully saturated rings. The summed E-state index contributed by atoms with van der Waals surface area (Å²) in [5.74, 6) is 0.590. The first kappa shape index (κ1) is 20.1. The zero-order chi connectivity index (χ0) is 21.9. The molecule has 1 unspecified atom stereocenters. The maximum Gasteiger partial charge on any atom is 0.254 e. The van der Waals surface area contributed by atoms with Gasteiger partial charge in [0.25, 0.3) is 5.91 Å². The normalized spacial score (nSPS) is 15.0. The fourth-order valence-corrected chi connectivity index (χ4v) is 4.32. The molecule has 1 aliphatic heterocycles. The van der Waals surface area contributed by atoms with Crippen molar-refractivity contribution in [2.24, 2.45) is 0 Å². The molecule has 3 heterocycles. The summed E-state index contributed by atoms with van der Waals surface area (Å²) < 4.78 is 7.56. The highest BCUT2D eigenvalue weighted by Crippen LogP contribution is 2.33. The molecule has 0 spiro atoms. The second-order valence-electron chi connectivity index (χ2n) is 8.20. The quantitative estimate of drug-likeness (QED) is 0.476. The Morgan fingerprint density at radius 1 is 1.12 bits per heavy atom. The van der Waals surface area contributed by atoms with Crippen LogP contribution in [0.25, 0.3) is 5.69 Å². The number of nitrogens with one attached hydrogen (secondary N) is 1. The number of benzene rings is 2. The Balaban J connectivity index is 1.20. The zero-order valence-corrected chi connectivity index (χ0v) is 18.1. The molecule has 2 aromatic heterocycles. The molecule has 6 heteroatoms. The molecule has 1 atom stereocenters. The number of hydrogen-bond donors (Lipinski definition) is 1. The lowest BCUT2D eigenvalue weighted by atomic mass is 10.1. The highest BCUT2D eigenvalue weighted by molar-refractivity contribution is 5.95. The smallest absolute Gasteiger partial charge is 0.254 e. The number of anilines is 1. The van der Waals surface area contributed by atoms with Crippen LogP contribution >= 0.6 is 0 Å². The average Bonchev–Trinajstić information content (AvgIpc) is 3.54. The molecule has 1 aliphatic rings. The number of furan rings is 1. The van der Waals surface area contributed by atoms with Crippen molar-refractivity contribution in [3.8, 4) is 5.69 Å². The van der Waals surface area contributed by atoms with E-state index in [1.807, 2.05) is 47.4 Å². The van der Waals surface area contributed by atoms with E-state index in [1.165, 1.54) is 11.3 Å². The van der Waals surface area contributed by atoms with Gasteiger partial charge in [-0.15, -0.1) is 0 Å². The van der Waals surface area contributed by atoms with Crippen LogP contribution < -0.4 is 10.2 Å². The van der Waals surface area contributed by atoms with E-state index in [2.05, 4.69) is 46.5 Å². The lowest BCUT2D eigenvalue weighted by Crippen LogP contribution is -2.30. The van der Waals surface area contributed by atoms with Crippen LogP contribution in [0.1, 0.15) is 34.2 Å². The Bertz CT molecular complexity index is 1210. The van der Waals surface area contributed by atoms with Gasteiger partial charge in [-0.2, -0.15) is 5.10 Å². The van der Waals surface area contributed by atoms with Crippen LogP contribution in [0.15, 0.2) is 83.7 Å². The van der Waals surface area contributed by atoms with Gasteiger partial charge in [-0.05, 0) is 55.2 Å². The fraction of sp³-hybridized carbons (Fsp3) is 0.231. The second kappa shape index (κ2) is 8.75. The molecule has 0 radical (unpaired) electrons. The number of nitrogens with zero attached hydrogens (tertiary/aromatic N) is 3. The number of carbonyl (C=O) groups excluding carboxylic acids is 1. The number of amides is 1. The van der Waals surface area contributed by atoms with Crippen molar-refractivity contribution in [2.45, 2.75) is 32.4 Å². The van der Waals surface area contributed by atoms with Crippen LogP contribution in [0.3, 0.4) is 0 Å². The molecule has 0 aliphatic carbocycles. The average molecular weight is 427 g/mol. The second-order valence-corrected chi connectivity index (χ2v) is 8.20. The predicted molar refractivity (Wildman–Crippen MR) is 124 cm³/mol. The van der Waals surface area contributed by atoms with E-state index in [4.69, 9.17) is 4.42 Å².